The molecule has 0 bridgehead atoms. The van der Waals surface area contributed by atoms with E-state index >= 15 is 0 Å². The number of hydrogen-bond donors (Lipinski definition) is 3. The van der Waals surface area contributed by atoms with Crippen LogP contribution in [0, 0.1) is 10.1 Å². The number of aromatic nitrogens is 2. The van der Waals surface area contributed by atoms with Gasteiger partial charge in [-0.05, 0) is 25.0 Å². The molecule has 0 radical (unpaired) electrons. The van der Waals surface area contributed by atoms with Crippen molar-refractivity contribution in [3.63, 3.8) is 0 Å². The van der Waals surface area contributed by atoms with Crippen LogP contribution in [0.1, 0.15) is 26.2 Å². The molecule has 0 spiro atoms. The average Bonchev–Trinajstić information content (AvgIpc) is 2.86. The third-order valence-corrected chi connectivity index (χ3v) is 4.46. The molecule has 2 rings (SSSR count). The molecule has 1 aliphatic rings. The molecule has 1 aromatic heterocycles. The summed E-state index contributed by atoms with van der Waals surface area (Å²) in [6.45, 7) is 2.14. The van der Waals surface area contributed by atoms with E-state index in [1.807, 2.05) is 11.8 Å². The summed E-state index contributed by atoms with van der Waals surface area (Å²) >= 11 is 1.93. The number of thioether (sulfide) groups is 1. The van der Waals surface area contributed by atoms with Crippen molar-refractivity contribution in [3.05, 3.63) is 16.3 Å². The Morgan fingerprint density at radius 3 is 3.05 bits per heavy atom. The number of nitrogens with one attached hydrogen (secondary N) is 2. The summed E-state index contributed by atoms with van der Waals surface area (Å²) in [7, 11) is 0. The molecule has 0 aliphatic heterocycles. The number of nitrogens with zero attached hydrogens (tertiary/aromatic N) is 3. The Bertz CT molecular complexity index is 486. The summed E-state index contributed by atoms with van der Waals surface area (Å²) in [6.07, 6.45) is 4.27. The third kappa shape index (κ3) is 3.48. The molecule has 1 fully saturated rings. The lowest BCUT2D eigenvalue weighted by Gasteiger charge is -2.14. The second kappa shape index (κ2) is 6.71. The Hall–Kier alpha value is -1.61. The number of nitro groups is 1. The Balaban J connectivity index is 2.10. The molecule has 1 saturated carbocycles. The van der Waals surface area contributed by atoms with E-state index in [2.05, 4.69) is 27.6 Å². The summed E-state index contributed by atoms with van der Waals surface area (Å²) in [5.41, 5.74) is 2.17. The molecule has 9 heteroatoms. The van der Waals surface area contributed by atoms with Crippen LogP contribution in [0.2, 0.25) is 0 Å². The van der Waals surface area contributed by atoms with E-state index in [0.717, 1.165) is 31.2 Å². The zero-order valence-electron chi connectivity index (χ0n) is 11.2. The standard InChI is InChI=1S/C11H18N6O2S/c1-2-20-8-4-3-7(5-8)14-10-9(17(18)19)6-13-11(15-10)16-12/h6-8H,2-5,12H2,1H3,(H2,13,14,15,16). The van der Waals surface area contributed by atoms with Gasteiger partial charge in [0.1, 0.15) is 6.20 Å². The first-order chi connectivity index (χ1) is 9.63. The first-order valence-electron chi connectivity index (χ1n) is 6.50. The maximum absolute atomic E-state index is 11.0. The fraction of sp³-hybridized carbons (Fsp3) is 0.636. The highest BCUT2D eigenvalue weighted by atomic mass is 32.2. The quantitative estimate of drug-likeness (QED) is 0.413. The number of nitrogens with two attached hydrogens (primary N) is 1. The molecule has 110 valence electrons. The number of rotatable bonds is 6. The number of nitrogen functional groups attached to an aromatic ring is 1. The van der Waals surface area contributed by atoms with Gasteiger partial charge in [-0.3, -0.25) is 15.5 Å². The topological polar surface area (TPSA) is 119 Å². The summed E-state index contributed by atoms with van der Waals surface area (Å²) in [6, 6.07) is 0.207. The molecule has 1 aliphatic carbocycles. The minimum atomic E-state index is -0.490. The third-order valence-electron chi connectivity index (χ3n) is 3.22. The monoisotopic (exact) mass is 298 g/mol. The van der Waals surface area contributed by atoms with Gasteiger partial charge < -0.3 is 5.32 Å². The maximum atomic E-state index is 11.0. The molecule has 1 aromatic rings. The highest BCUT2D eigenvalue weighted by molar-refractivity contribution is 7.99. The van der Waals surface area contributed by atoms with Crippen LogP contribution in [0.25, 0.3) is 0 Å². The lowest BCUT2D eigenvalue weighted by Crippen LogP contribution is -2.19. The van der Waals surface area contributed by atoms with E-state index in [9.17, 15) is 10.1 Å². The molecule has 0 aromatic carbocycles. The van der Waals surface area contributed by atoms with Crippen LogP contribution in [-0.2, 0) is 0 Å². The Kier molecular flexibility index (Phi) is 4.96. The van der Waals surface area contributed by atoms with Gasteiger partial charge >= 0.3 is 5.69 Å². The van der Waals surface area contributed by atoms with E-state index in [0.29, 0.717) is 5.25 Å². The first kappa shape index (κ1) is 14.8. The van der Waals surface area contributed by atoms with Crippen molar-refractivity contribution in [3.8, 4) is 0 Å². The van der Waals surface area contributed by atoms with Crippen molar-refractivity contribution in [1.82, 2.24) is 9.97 Å². The largest absolute Gasteiger partial charge is 0.361 e. The van der Waals surface area contributed by atoms with Gasteiger partial charge in [-0.15, -0.1) is 0 Å². The SMILES string of the molecule is CCSC1CCC(Nc2nc(NN)ncc2[N+](=O)[O-])C1. The van der Waals surface area contributed by atoms with E-state index in [1.54, 1.807) is 0 Å². The predicted molar refractivity (Wildman–Crippen MR) is 79.7 cm³/mol. The molecular weight excluding hydrogens is 280 g/mol. The summed E-state index contributed by atoms with van der Waals surface area (Å²) < 4.78 is 0. The highest BCUT2D eigenvalue weighted by Gasteiger charge is 2.27. The second-order valence-corrected chi connectivity index (χ2v) is 6.14. The molecule has 2 atom stereocenters. The summed E-state index contributed by atoms with van der Waals surface area (Å²) in [5.74, 6) is 6.72. The zero-order chi connectivity index (χ0) is 14.5. The number of hydrazine groups is 1. The molecule has 20 heavy (non-hydrogen) atoms. The fourth-order valence-electron chi connectivity index (χ4n) is 2.34. The van der Waals surface area contributed by atoms with Crippen LogP contribution < -0.4 is 16.6 Å². The molecule has 2 unspecified atom stereocenters. The molecule has 8 nitrogen and oxygen atoms in total. The summed E-state index contributed by atoms with van der Waals surface area (Å²) in [4.78, 5) is 18.3. The van der Waals surface area contributed by atoms with Crippen LogP contribution >= 0.6 is 11.8 Å². The minimum absolute atomic E-state index is 0.129. The molecular formula is C11H18N6O2S. The van der Waals surface area contributed by atoms with Crippen LogP contribution in [0.5, 0.6) is 0 Å². The predicted octanol–water partition coefficient (Wildman–Crippen LogP) is 1.76. The van der Waals surface area contributed by atoms with E-state index < -0.39 is 4.92 Å². The molecule has 0 saturated heterocycles. The van der Waals surface area contributed by atoms with Gasteiger partial charge in [-0.1, -0.05) is 6.92 Å². The van der Waals surface area contributed by atoms with Gasteiger partial charge in [0.2, 0.25) is 11.8 Å². The van der Waals surface area contributed by atoms with E-state index in [-0.39, 0.29) is 23.5 Å². The lowest BCUT2D eigenvalue weighted by molar-refractivity contribution is -0.384. The zero-order valence-corrected chi connectivity index (χ0v) is 12.0. The van der Waals surface area contributed by atoms with Crippen LogP contribution in [-0.4, -0.2) is 31.9 Å². The van der Waals surface area contributed by atoms with Gasteiger partial charge in [0.15, 0.2) is 0 Å². The molecule has 0 amide bonds. The highest BCUT2D eigenvalue weighted by Crippen LogP contribution is 2.33. The van der Waals surface area contributed by atoms with E-state index in [4.69, 9.17) is 5.84 Å². The van der Waals surface area contributed by atoms with Crippen molar-refractivity contribution in [2.45, 2.75) is 37.5 Å². The van der Waals surface area contributed by atoms with Crippen LogP contribution in [0.3, 0.4) is 0 Å². The Labute approximate surface area is 121 Å². The second-order valence-electron chi connectivity index (χ2n) is 4.56. The lowest BCUT2D eigenvalue weighted by atomic mass is 10.2. The molecule has 4 N–H and O–H groups in total. The van der Waals surface area contributed by atoms with Gasteiger partial charge in [0, 0.05) is 11.3 Å². The van der Waals surface area contributed by atoms with Gasteiger partial charge in [-0.2, -0.15) is 16.7 Å². The minimum Gasteiger partial charge on any atom is -0.361 e. The van der Waals surface area contributed by atoms with Gasteiger partial charge in [0.25, 0.3) is 0 Å². The van der Waals surface area contributed by atoms with Crippen molar-refractivity contribution in [2.75, 3.05) is 16.5 Å². The number of hydrogen-bond acceptors (Lipinski definition) is 8. The Morgan fingerprint density at radius 1 is 1.60 bits per heavy atom. The fourth-order valence-corrected chi connectivity index (χ4v) is 3.48. The smallest absolute Gasteiger partial charge is 0.329 e. The summed E-state index contributed by atoms with van der Waals surface area (Å²) in [5, 5.41) is 14.8. The van der Waals surface area contributed by atoms with Crippen LogP contribution in [0.15, 0.2) is 6.20 Å². The van der Waals surface area contributed by atoms with Crippen molar-refractivity contribution in [1.29, 1.82) is 0 Å². The first-order valence-corrected chi connectivity index (χ1v) is 7.55. The normalized spacial score (nSPS) is 21.7. The van der Waals surface area contributed by atoms with E-state index in [1.165, 1.54) is 0 Å². The van der Waals surface area contributed by atoms with Gasteiger partial charge in [-0.25, -0.2) is 10.8 Å². The van der Waals surface area contributed by atoms with Crippen molar-refractivity contribution < 1.29 is 4.92 Å². The Morgan fingerprint density at radius 2 is 2.40 bits per heavy atom. The van der Waals surface area contributed by atoms with Crippen LogP contribution in [0.4, 0.5) is 17.5 Å². The average molecular weight is 298 g/mol. The maximum Gasteiger partial charge on any atom is 0.329 e. The van der Waals surface area contributed by atoms with Gasteiger partial charge in [0.05, 0.1) is 4.92 Å². The van der Waals surface area contributed by atoms with Crippen molar-refractivity contribution in [2.24, 2.45) is 5.84 Å². The van der Waals surface area contributed by atoms with Crippen molar-refractivity contribution >= 4 is 29.2 Å². The number of anilines is 2. The molecule has 1 heterocycles.